The first-order chi connectivity index (χ1) is 11.9. The van der Waals surface area contributed by atoms with Crippen LogP contribution < -0.4 is 4.74 Å². The molecule has 3 rings (SSSR count). The van der Waals surface area contributed by atoms with Crippen LogP contribution in [0.25, 0.3) is 0 Å². The van der Waals surface area contributed by atoms with Crippen molar-refractivity contribution in [1.29, 1.82) is 0 Å². The number of aryl methyl sites for hydroxylation is 1. The molecule has 0 radical (unpaired) electrons. The fourth-order valence-corrected chi connectivity index (χ4v) is 4.61. The summed E-state index contributed by atoms with van der Waals surface area (Å²) >= 11 is 0. The lowest BCUT2D eigenvalue weighted by molar-refractivity contribution is -0.136. The third-order valence-electron chi connectivity index (χ3n) is 4.26. The zero-order chi connectivity index (χ0) is 17.9. The zero-order valence-electron chi connectivity index (χ0n) is 14.1. The maximum absolute atomic E-state index is 12.7. The Morgan fingerprint density at radius 2 is 2.04 bits per heavy atom. The van der Waals surface area contributed by atoms with Gasteiger partial charge in [0.05, 0.1) is 24.3 Å². The molecule has 0 bridgehead atoms. The molecule has 1 amide bonds. The quantitative estimate of drug-likeness (QED) is 0.786. The summed E-state index contributed by atoms with van der Waals surface area (Å²) in [5, 5.41) is 0. The van der Waals surface area contributed by atoms with Gasteiger partial charge in [-0.2, -0.15) is 0 Å². The molecule has 1 saturated heterocycles. The van der Waals surface area contributed by atoms with Crippen LogP contribution in [0.1, 0.15) is 17.7 Å². The van der Waals surface area contributed by atoms with E-state index in [1.807, 2.05) is 19.1 Å². The second-order valence-corrected chi connectivity index (χ2v) is 8.49. The number of hydrogen-bond acceptors (Lipinski definition) is 5. The van der Waals surface area contributed by atoms with E-state index in [9.17, 15) is 13.2 Å². The van der Waals surface area contributed by atoms with Gasteiger partial charge in [-0.05, 0) is 37.6 Å². The highest BCUT2D eigenvalue weighted by Gasteiger charge is 2.35. The molecule has 2 heterocycles. The van der Waals surface area contributed by atoms with Crippen LogP contribution in [0, 0.1) is 6.92 Å². The SMILES string of the molecule is Cc1ccc(OCC(=O)N(Cc2ccco2)[C@@H]2CCS(=O)(=O)C2)cc1. The van der Waals surface area contributed by atoms with Gasteiger partial charge in [0.1, 0.15) is 11.5 Å². The predicted octanol–water partition coefficient (Wildman–Crippen LogP) is 2.18. The van der Waals surface area contributed by atoms with E-state index in [1.54, 1.807) is 29.2 Å². The van der Waals surface area contributed by atoms with Crippen LogP contribution in [0.5, 0.6) is 5.75 Å². The number of hydrogen-bond donors (Lipinski definition) is 0. The van der Waals surface area contributed by atoms with Gasteiger partial charge in [0, 0.05) is 6.04 Å². The summed E-state index contributed by atoms with van der Waals surface area (Å²) in [5.41, 5.74) is 1.11. The first-order valence-corrected chi connectivity index (χ1v) is 9.97. The summed E-state index contributed by atoms with van der Waals surface area (Å²) in [4.78, 5) is 14.2. The van der Waals surface area contributed by atoms with Gasteiger partial charge in [-0.3, -0.25) is 4.79 Å². The highest BCUT2D eigenvalue weighted by Crippen LogP contribution is 2.21. The van der Waals surface area contributed by atoms with E-state index < -0.39 is 9.84 Å². The van der Waals surface area contributed by atoms with E-state index in [-0.39, 0.29) is 36.6 Å². The summed E-state index contributed by atoms with van der Waals surface area (Å²) in [6.07, 6.45) is 1.98. The van der Waals surface area contributed by atoms with Crippen LogP contribution in [0.3, 0.4) is 0 Å². The smallest absolute Gasteiger partial charge is 0.261 e. The van der Waals surface area contributed by atoms with Gasteiger partial charge in [-0.25, -0.2) is 8.42 Å². The molecule has 1 aromatic heterocycles. The molecule has 134 valence electrons. The van der Waals surface area contributed by atoms with E-state index in [2.05, 4.69) is 0 Å². The molecule has 0 saturated carbocycles. The lowest BCUT2D eigenvalue weighted by atomic mass is 10.2. The van der Waals surface area contributed by atoms with E-state index in [4.69, 9.17) is 9.15 Å². The topological polar surface area (TPSA) is 76.8 Å². The molecular formula is C18H21NO5S. The third kappa shape index (κ3) is 4.63. The lowest BCUT2D eigenvalue weighted by Gasteiger charge is -2.27. The van der Waals surface area contributed by atoms with Crippen molar-refractivity contribution in [3.63, 3.8) is 0 Å². The minimum atomic E-state index is -3.09. The third-order valence-corrected chi connectivity index (χ3v) is 6.01. The lowest BCUT2D eigenvalue weighted by Crippen LogP contribution is -2.43. The molecule has 25 heavy (non-hydrogen) atoms. The molecule has 1 atom stereocenters. The number of carbonyl (C=O) groups excluding carboxylic acids is 1. The van der Waals surface area contributed by atoms with Crippen LogP contribution in [-0.4, -0.2) is 43.4 Å². The normalized spacial score (nSPS) is 18.8. The molecule has 1 fully saturated rings. The average Bonchev–Trinajstić information content (AvgIpc) is 3.21. The minimum Gasteiger partial charge on any atom is -0.484 e. The van der Waals surface area contributed by atoms with E-state index in [0.29, 0.717) is 17.9 Å². The molecule has 1 aromatic carbocycles. The number of benzene rings is 1. The second kappa shape index (κ2) is 7.31. The van der Waals surface area contributed by atoms with Crippen molar-refractivity contribution in [2.45, 2.75) is 25.9 Å². The van der Waals surface area contributed by atoms with Crippen LogP contribution in [0.15, 0.2) is 47.1 Å². The van der Waals surface area contributed by atoms with Crippen LogP contribution in [0.4, 0.5) is 0 Å². The van der Waals surface area contributed by atoms with E-state index in [0.717, 1.165) is 5.56 Å². The summed E-state index contributed by atoms with van der Waals surface area (Å²) in [7, 11) is -3.09. The van der Waals surface area contributed by atoms with Crippen molar-refractivity contribution < 1.29 is 22.4 Å². The first kappa shape index (κ1) is 17.5. The van der Waals surface area contributed by atoms with Crippen molar-refractivity contribution in [2.24, 2.45) is 0 Å². The maximum Gasteiger partial charge on any atom is 0.261 e. The van der Waals surface area contributed by atoms with E-state index in [1.165, 1.54) is 6.26 Å². The maximum atomic E-state index is 12.7. The van der Waals surface area contributed by atoms with Crippen LogP contribution >= 0.6 is 0 Å². The Bertz CT molecular complexity index is 812. The number of furan rings is 1. The van der Waals surface area contributed by atoms with E-state index >= 15 is 0 Å². The molecule has 0 spiro atoms. The minimum absolute atomic E-state index is 0.00994. The summed E-state index contributed by atoms with van der Waals surface area (Å²) in [5.74, 6) is 1.07. The summed E-state index contributed by atoms with van der Waals surface area (Å²) < 4.78 is 34.5. The molecule has 1 aliphatic rings. The first-order valence-electron chi connectivity index (χ1n) is 8.15. The van der Waals surface area contributed by atoms with Gasteiger partial charge >= 0.3 is 0 Å². The molecule has 1 aliphatic heterocycles. The predicted molar refractivity (Wildman–Crippen MR) is 93.0 cm³/mol. The number of ether oxygens (including phenoxy) is 1. The fraction of sp³-hybridized carbons (Fsp3) is 0.389. The van der Waals surface area contributed by atoms with Crippen molar-refractivity contribution in [3.8, 4) is 5.75 Å². The van der Waals surface area contributed by atoms with Crippen LogP contribution in [0.2, 0.25) is 0 Å². The molecule has 6 nitrogen and oxygen atoms in total. The molecule has 0 N–H and O–H groups in total. The zero-order valence-corrected chi connectivity index (χ0v) is 14.9. The van der Waals surface area contributed by atoms with Crippen molar-refractivity contribution >= 4 is 15.7 Å². The Hall–Kier alpha value is -2.28. The van der Waals surface area contributed by atoms with Crippen molar-refractivity contribution in [3.05, 3.63) is 54.0 Å². The molecular weight excluding hydrogens is 342 g/mol. The monoisotopic (exact) mass is 363 g/mol. The molecule has 7 heteroatoms. The van der Waals surface area contributed by atoms with Gasteiger partial charge in [0.15, 0.2) is 16.4 Å². The fourth-order valence-electron chi connectivity index (χ4n) is 2.88. The summed E-state index contributed by atoms with van der Waals surface area (Å²) in [6.45, 7) is 2.07. The Balaban J connectivity index is 1.69. The van der Waals surface area contributed by atoms with Crippen molar-refractivity contribution in [1.82, 2.24) is 4.90 Å². The van der Waals surface area contributed by atoms with Gasteiger partial charge in [-0.15, -0.1) is 0 Å². The number of rotatable bonds is 6. The van der Waals surface area contributed by atoms with Gasteiger partial charge in [0.25, 0.3) is 5.91 Å². The standard InChI is InChI=1S/C18H21NO5S/c1-14-4-6-16(7-5-14)24-12-18(20)19(11-17-3-2-9-23-17)15-8-10-25(21,22)13-15/h2-7,9,15H,8,10-13H2,1H3/t15-/m1/s1. The number of sulfone groups is 1. The van der Waals surface area contributed by atoms with Crippen molar-refractivity contribution in [2.75, 3.05) is 18.1 Å². The number of nitrogens with zero attached hydrogens (tertiary/aromatic N) is 1. The van der Waals surface area contributed by atoms with Gasteiger partial charge in [-0.1, -0.05) is 17.7 Å². The Morgan fingerprint density at radius 1 is 1.28 bits per heavy atom. The van der Waals surface area contributed by atoms with Crippen LogP contribution in [-0.2, 0) is 21.2 Å². The average molecular weight is 363 g/mol. The van der Waals surface area contributed by atoms with Gasteiger partial charge in [0.2, 0.25) is 0 Å². The second-order valence-electron chi connectivity index (χ2n) is 6.26. The highest BCUT2D eigenvalue weighted by molar-refractivity contribution is 7.91. The number of carbonyl (C=O) groups is 1. The Morgan fingerprint density at radius 3 is 2.64 bits per heavy atom. The Kier molecular flexibility index (Phi) is 5.13. The summed E-state index contributed by atoms with van der Waals surface area (Å²) in [6, 6.07) is 10.6. The van der Waals surface area contributed by atoms with Gasteiger partial charge < -0.3 is 14.1 Å². The largest absolute Gasteiger partial charge is 0.484 e. The highest BCUT2D eigenvalue weighted by atomic mass is 32.2. The Labute approximate surface area is 147 Å². The number of amides is 1. The molecule has 0 unspecified atom stereocenters. The molecule has 2 aromatic rings. The molecule has 0 aliphatic carbocycles.